The highest BCUT2D eigenvalue weighted by molar-refractivity contribution is 7.16. The first-order valence-electron chi connectivity index (χ1n) is 7.03. The fraction of sp³-hybridized carbons (Fsp3) is 0.571. The predicted molar refractivity (Wildman–Crippen MR) is 83.3 cm³/mol. The molecule has 116 valence electrons. The van der Waals surface area contributed by atoms with Gasteiger partial charge in [0.25, 0.3) is 0 Å². The van der Waals surface area contributed by atoms with E-state index in [2.05, 4.69) is 23.0 Å². The van der Waals surface area contributed by atoms with Gasteiger partial charge in [-0.2, -0.15) is 0 Å². The summed E-state index contributed by atoms with van der Waals surface area (Å²) in [5.41, 5.74) is 3.80. The number of thiophene rings is 1. The van der Waals surface area contributed by atoms with Crippen molar-refractivity contribution in [1.82, 2.24) is 10.2 Å². The fourth-order valence-electron chi connectivity index (χ4n) is 2.46. The van der Waals surface area contributed by atoms with E-state index >= 15 is 0 Å². The molecule has 0 spiro atoms. The zero-order valence-corrected chi connectivity index (χ0v) is 13.9. The molecule has 0 aliphatic carbocycles. The Labute approximate surface area is 133 Å². The molecule has 1 aromatic rings. The molecule has 4 N–H and O–H groups in total. The van der Waals surface area contributed by atoms with E-state index in [9.17, 15) is 9.59 Å². The summed E-state index contributed by atoms with van der Waals surface area (Å²) < 4.78 is 0.436. The van der Waals surface area contributed by atoms with Gasteiger partial charge in [-0.3, -0.25) is 10.5 Å². The molecule has 1 aliphatic heterocycles. The smallest absolute Gasteiger partial charge is 0.343 e. The molecule has 2 rings (SSSR count). The van der Waals surface area contributed by atoms with Crippen LogP contribution in [0.2, 0.25) is 4.34 Å². The Bertz CT molecular complexity index is 538. The Balaban J connectivity index is 1.97. The number of quaternary nitrogens is 1. The van der Waals surface area contributed by atoms with Crippen LogP contribution in [0.5, 0.6) is 0 Å². The van der Waals surface area contributed by atoms with Crippen molar-refractivity contribution in [3.8, 4) is 0 Å². The largest absolute Gasteiger partial charge is 0.349 e. The number of halogens is 1. The maximum atomic E-state index is 12.3. The third-order valence-electron chi connectivity index (χ3n) is 3.88. The molecule has 2 heterocycles. The average molecular weight is 331 g/mol. The first kappa shape index (κ1) is 16.4. The van der Waals surface area contributed by atoms with Gasteiger partial charge < -0.3 is 10.2 Å². The van der Waals surface area contributed by atoms with E-state index in [1.165, 1.54) is 11.3 Å². The van der Waals surface area contributed by atoms with Crippen molar-refractivity contribution in [2.24, 2.45) is 5.92 Å². The van der Waals surface area contributed by atoms with E-state index in [1.807, 2.05) is 6.92 Å². The second-order valence-electron chi connectivity index (χ2n) is 5.57. The molecule has 1 aliphatic rings. The lowest BCUT2D eigenvalue weighted by atomic mass is 9.96. The molecule has 0 aromatic carbocycles. The van der Waals surface area contributed by atoms with Crippen LogP contribution in [0.15, 0.2) is 6.07 Å². The molecular formula is C14H21ClN3O2S+. The van der Waals surface area contributed by atoms with Gasteiger partial charge in [0.05, 0.1) is 6.04 Å². The molecule has 0 radical (unpaired) electrons. The molecule has 1 fully saturated rings. The van der Waals surface area contributed by atoms with Crippen molar-refractivity contribution in [3.05, 3.63) is 20.8 Å². The van der Waals surface area contributed by atoms with E-state index in [1.54, 1.807) is 6.07 Å². The van der Waals surface area contributed by atoms with Crippen molar-refractivity contribution < 1.29 is 15.3 Å². The van der Waals surface area contributed by atoms with Crippen molar-refractivity contribution in [2.45, 2.75) is 25.8 Å². The number of hydrogen-bond acceptors (Lipinski definition) is 4. The highest BCUT2D eigenvalue weighted by Gasteiger charge is 2.25. The minimum Gasteiger partial charge on any atom is -0.349 e. The topological polar surface area (TPSA) is 77.1 Å². The highest BCUT2D eigenvalue weighted by Crippen LogP contribution is 2.31. The number of nitrogens with zero attached hydrogens (tertiary/aromatic N) is 1. The maximum absolute atomic E-state index is 12.3. The maximum Gasteiger partial charge on any atom is 0.343 e. The monoisotopic (exact) mass is 330 g/mol. The summed E-state index contributed by atoms with van der Waals surface area (Å²) in [5, 5.41) is 3.02. The Hall–Kier alpha value is -0.950. The number of piperidine rings is 1. The van der Waals surface area contributed by atoms with Crippen LogP contribution in [-0.4, -0.2) is 36.9 Å². The summed E-state index contributed by atoms with van der Waals surface area (Å²) >= 11 is 7.35. The van der Waals surface area contributed by atoms with Gasteiger partial charge in [0, 0.05) is 10.8 Å². The first-order valence-corrected chi connectivity index (χ1v) is 8.22. The molecule has 1 atom stereocenters. The lowest BCUT2D eigenvalue weighted by molar-refractivity contribution is -0.255. The third-order valence-corrected chi connectivity index (χ3v) is 5.42. The summed E-state index contributed by atoms with van der Waals surface area (Å²) in [6.07, 6.45) is 1.78. The van der Waals surface area contributed by atoms with Crippen LogP contribution in [0.1, 0.15) is 41.0 Å². The number of rotatable bonds is 4. The predicted octanol–water partition coefficient (Wildman–Crippen LogP) is 1.30. The molecule has 21 heavy (non-hydrogen) atoms. The summed E-state index contributed by atoms with van der Waals surface area (Å²) in [5.74, 6) is -0.132. The van der Waals surface area contributed by atoms with Gasteiger partial charge in [-0.25, -0.2) is 4.79 Å². The van der Waals surface area contributed by atoms with Crippen molar-refractivity contribution in [1.29, 1.82) is 0 Å². The molecule has 7 heteroatoms. The number of likely N-dealkylation sites (tertiary alicyclic amines) is 1. The third kappa shape index (κ3) is 4.03. The minimum atomic E-state index is -0.295. The van der Waals surface area contributed by atoms with Gasteiger partial charge >= 0.3 is 5.91 Å². The number of hydrogen-bond donors (Lipinski definition) is 2. The zero-order chi connectivity index (χ0) is 15.6. The van der Waals surface area contributed by atoms with Gasteiger partial charge in [-0.1, -0.05) is 11.6 Å². The average Bonchev–Trinajstić information content (AvgIpc) is 2.81. The summed E-state index contributed by atoms with van der Waals surface area (Å²) in [7, 11) is 2.07. The summed E-state index contributed by atoms with van der Waals surface area (Å²) in [6.45, 7) is 3.82. The van der Waals surface area contributed by atoms with Crippen LogP contribution in [0.4, 0.5) is 0 Å². The van der Waals surface area contributed by atoms with Crippen molar-refractivity contribution >= 4 is 34.8 Å². The van der Waals surface area contributed by atoms with E-state index in [0.29, 0.717) is 9.90 Å². The molecular weight excluding hydrogens is 310 g/mol. The van der Waals surface area contributed by atoms with Gasteiger partial charge in [0.1, 0.15) is 9.90 Å². The first-order chi connectivity index (χ1) is 9.88. The van der Waals surface area contributed by atoms with Crippen LogP contribution < -0.4 is 11.1 Å². The summed E-state index contributed by atoms with van der Waals surface area (Å²) in [6, 6.07) is 1.58. The molecule has 0 saturated carbocycles. The van der Waals surface area contributed by atoms with Gasteiger partial charge in [0.2, 0.25) is 5.91 Å². The molecule has 1 aromatic heterocycles. The van der Waals surface area contributed by atoms with E-state index in [4.69, 9.17) is 11.6 Å². The van der Waals surface area contributed by atoms with E-state index in [-0.39, 0.29) is 23.8 Å². The minimum absolute atomic E-state index is 0.0769. The molecule has 1 unspecified atom stereocenters. The van der Waals surface area contributed by atoms with Crippen molar-refractivity contribution in [2.75, 3.05) is 20.1 Å². The molecule has 0 bridgehead atoms. The van der Waals surface area contributed by atoms with Crippen LogP contribution in [0.3, 0.4) is 0 Å². The number of amides is 2. The lowest BCUT2D eigenvalue weighted by Crippen LogP contribution is -2.56. The van der Waals surface area contributed by atoms with Gasteiger partial charge in [-0.15, -0.1) is 11.3 Å². The second-order valence-corrected chi connectivity index (χ2v) is 7.25. The zero-order valence-electron chi connectivity index (χ0n) is 12.3. The number of nitrogens with one attached hydrogen (secondary N) is 1. The standard InChI is InChI=1S/C14H20ClN3O2S/c1-8(11-7-10(13(16)19)12(15)21-11)17-14(20)9-3-5-18(2)6-4-9/h7-9H,3-6H2,1-2H3,(H2,16,19)(H,17,20)/p+1. The number of carbonyl (C=O) groups is 2. The Kier molecular flexibility index (Phi) is 5.37. The molecule has 1 saturated heterocycles. The molecule has 5 nitrogen and oxygen atoms in total. The van der Waals surface area contributed by atoms with Crippen molar-refractivity contribution in [3.63, 3.8) is 0 Å². The molecule has 2 amide bonds. The Morgan fingerprint density at radius 3 is 2.62 bits per heavy atom. The fourth-order valence-corrected chi connectivity index (χ4v) is 3.79. The Morgan fingerprint density at radius 2 is 2.10 bits per heavy atom. The van der Waals surface area contributed by atoms with Crippen LogP contribution in [0, 0.1) is 5.92 Å². The second kappa shape index (κ2) is 6.87. The van der Waals surface area contributed by atoms with Crippen LogP contribution in [-0.2, 0) is 4.79 Å². The Morgan fingerprint density at radius 1 is 1.48 bits per heavy atom. The highest BCUT2D eigenvalue weighted by atomic mass is 35.5. The van der Waals surface area contributed by atoms with Crippen LogP contribution in [0.25, 0.3) is 0 Å². The summed E-state index contributed by atoms with van der Waals surface area (Å²) in [4.78, 5) is 26.7. The van der Waals surface area contributed by atoms with E-state index in [0.717, 1.165) is 30.8 Å². The van der Waals surface area contributed by atoms with Gasteiger partial charge in [-0.05, 0) is 46.0 Å². The SMILES string of the molecule is CC(NC(=O)C1CCN(C)CC1)c1cc(C([NH3+])=O)c(Cl)s1. The number of carbonyl (C=O) groups excluding carboxylic acids is 2. The normalized spacial score (nSPS) is 18.5. The quantitative estimate of drug-likeness (QED) is 0.873. The lowest BCUT2D eigenvalue weighted by Gasteiger charge is -2.28. The van der Waals surface area contributed by atoms with Crippen LogP contribution >= 0.6 is 22.9 Å². The van der Waals surface area contributed by atoms with Gasteiger partial charge in [0.15, 0.2) is 0 Å². The van der Waals surface area contributed by atoms with E-state index < -0.39 is 0 Å².